The summed E-state index contributed by atoms with van der Waals surface area (Å²) < 4.78 is 0. The van der Waals surface area contributed by atoms with Crippen molar-refractivity contribution in [3.8, 4) is 11.6 Å². The van der Waals surface area contributed by atoms with E-state index in [4.69, 9.17) is 0 Å². The highest BCUT2D eigenvalue weighted by Gasteiger charge is 2.04. The molecule has 0 aromatic carbocycles. The Labute approximate surface area is 44.5 Å². The fourth-order valence-electron chi connectivity index (χ4n) is 0.564. The second-order valence-electron chi connectivity index (χ2n) is 1.39. The lowest BCUT2D eigenvalue weighted by molar-refractivity contribution is 0.933. The van der Waals surface area contributed by atoms with Crippen molar-refractivity contribution in [2.45, 2.75) is 0 Å². The molecule has 0 fully saturated rings. The lowest BCUT2D eigenvalue weighted by atomic mass is 10.6. The number of nitrogens with zero attached hydrogens (tertiary/aromatic N) is 3. The molecule has 40 valence electrons. The van der Waals surface area contributed by atoms with Crippen molar-refractivity contribution < 1.29 is 0 Å². The molecule has 0 saturated heterocycles. The summed E-state index contributed by atoms with van der Waals surface area (Å²) in [7, 11) is 0. The molecule has 0 amide bonds. The number of rotatable bonds is 0. The highest BCUT2D eigenvalue weighted by molar-refractivity contribution is 5.41. The van der Waals surface area contributed by atoms with Gasteiger partial charge in [0.15, 0.2) is 5.82 Å². The monoisotopic (exact) mass is 109 g/mol. The van der Waals surface area contributed by atoms with Crippen LogP contribution in [0.2, 0.25) is 0 Å². The van der Waals surface area contributed by atoms with Crippen molar-refractivity contribution >= 4 is 0 Å². The summed E-state index contributed by atoms with van der Waals surface area (Å²) >= 11 is 0. The van der Waals surface area contributed by atoms with Crippen LogP contribution in [-0.4, -0.2) is 25.4 Å². The van der Waals surface area contributed by atoms with Gasteiger partial charge in [0.05, 0.1) is 0 Å². The summed E-state index contributed by atoms with van der Waals surface area (Å²) in [5, 5.41) is 8.93. The zero-order valence-corrected chi connectivity index (χ0v) is 3.92. The summed E-state index contributed by atoms with van der Waals surface area (Å²) in [6.45, 7) is 0. The van der Waals surface area contributed by atoms with E-state index in [1.165, 1.54) is 6.33 Å². The van der Waals surface area contributed by atoms with Crippen molar-refractivity contribution in [1.82, 2.24) is 25.4 Å². The van der Waals surface area contributed by atoms with E-state index in [-0.39, 0.29) is 0 Å². The van der Waals surface area contributed by atoms with Crippen LogP contribution in [-0.2, 0) is 0 Å². The van der Waals surface area contributed by atoms with E-state index in [0.29, 0.717) is 11.6 Å². The van der Waals surface area contributed by atoms with Crippen LogP contribution in [0.5, 0.6) is 0 Å². The van der Waals surface area contributed by atoms with E-state index in [2.05, 4.69) is 25.4 Å². The molecule has 5 heteroatoms. The second kappa shape index (κ2) is 1.06. The third-order valence-electron chi connectivity index (χ3n) is 0.915. The van der Waals surface area contributed by atoms with Gasteiger partial charge in [-0.2, -0.15) is 0 Å². The van der Waals surface area contributed by atoms with Crippen molar-refractivity contribution in [3.63, 3.8) is 0 Å². The van der Waals surface area contributed by atoms with Crippen molar-refractivity contribution in [2.24, 2.45) is 0 Å². The molecule has 0 radical (unpaired) electrons. The first-order valence-electron chi connectivity index (χ1n) is 2.16. The van der Waals surface area contributed by atoms with Crippen LogP contribution in [0, 0.1) is 0 Å². The molecule has 2 aliphatic heterocycles. The standard InChI is InChI=1S/C3H3N5/c1-4-2-3(5-1)7-8-6-2/h1H,(H2,4,5,6,7,8). The van der Waals surface area contributed by atoms with Gasteiger partial charge >= 0.3 is 0 Å². The number of imidazole rings is 1. The molecule has 2 N–H and O–H groups in total. The molecule has 5 nitrogen and oxygen atoms in total. The van der Waals surface area contributed by atoms with Gasteiger partial charge in [0.25, 0.3) is 0 Å². The molecule has 0 saturated carbocycles. The van der Waals surface area contributed by atoms with Crippen molar-refractivity contribution in [3.05, 3.63) is 6.33 Å². The van der Waals surface area contributed by atoms with Crippen LogP contribution in [0.15, 0.2) is 6.33 Å². The number of hydrogen-bond acceptors (Lipinski definition) is 3. The fraction of sp³-hybridized carbons (Fsp3) is 0. The summed E-state index contributed by atoms with van der Waals surface area (Å²) in [5.74, 6) is 1.33. The lowest BCUT2D eigenvalue weighted by Gasteiger charge is -1.69. The smallest absolute Gasteiger partial charge is 0.219 e. The quantitative estimate of drug-likeness (QED) is 0.485. The van der Waals surface area contributed by atoms with Gasteiger partial charge in [0.1, 0.15) is 6.33 Å². The Kier molecular flexibility index (Phi) is 0.476. The van der Waals surface area contributed by atoms with E-state index in [1.54, 1.807) is 0 Å². The summed E-state index contributed by atoms with van der Waals surface area (Å²) in [5.41, 5.74) is 0. The predicted molar refractivity (Wildman–Crippen MR) is 25.2 cm³/mol. The zero-order valence-electron chi connectivity index (χ0n) is 3.92. The van der Waals surface area contributed by atoms with Crippen molar-refractivity contribution in [1.29, 1.82) is 0 Å². The van der Waals surface area contributed by atoms with Gasteiger partial charge < -0.3 is 0 Å². The normalized spacial score (nSPS) is 10.5. The topological polar surface area (TPSA) is 70.2 Å². The third kappa shape index (κ3) is 0.281. The van der Waals surface area contributed by atoms with Gasteiger partial charge in [-0.15, -0.1) is 5.10 Å². The van der Waals surface area contributed by atoms with E-state index >= 15 is 0 Å². The molecule has 0 aromatic heterocycles. The predicted octanol–water partition coefficient (Wildman–Crippen LogP) is -0.367. The first-order chi connectivity index (χ1) is 3.97. The third-order valence-corrected chi connectivity index (χ3v) is 0.915. The molecule has 0 atom stereocenters. The first kappa shape index (κ1) is 3.59. The van der Waals surface area contributed by atoms with Crippen molar-refractivity contribution in [2.75, 3.05) is 0 Å². The van der Waals surface area contributed by atoms with E-state index < -0.39 is 0 Å². The Morgan fingerprint density at radius 2 is 2.38 bits per heavy atom. The molecular formula is C3H3N5. The minimum absolute atomic E-state index is 0.630. The number of aromatic amines is 2. The van der Waals surface area contributed by atoms with Crippen LogP contribution in [0.1, 0.15) is 0 Å². The summed E-state index contributed by atoms with van der Waals surface area (Å²) in [6, 6.07) is 0. The maximum absolute atomic E-state index is 3.82. The van der Waals surface area contributed by atoms with Gasteiger partial charge in [0, 0.05) is 0 Å². The number of H-pyrrole nitrogens is 2. The van der Waals surface area contributed by atoms with Gasteiger partial charge in [-0.05, 0) is 0 Å². The van der Waals surface area contributed by atoms with Gasteiger partial charge in [-0.1, -0.05) is 0 Å². The Hall–Kier alpha value is -1.39. The summed E-state index contributed by atoms with van der Waals surface area (Å²) in [4.78, 5) is 7.61. The van der Waals surface area contributed by atoms with Crippen LogP contribution in [0.4, 0.5) is 0 Å². The number of nitrogens with one attached hydrogen (secondary N) is 2. The molecular weight excluding hydrogens is 106 g/mol. The molecule has 0 spiro atoms. The second-order valence-corrected chi connectivity index (χ2v) is 1.39. The van der Waals surface area contributed by atoms with Crippen LogP contribution >= 0.6 is 0 Å². The Balaban J connectivity index is 2.84. The minimum atomic E-state index is 0.630. The van der Waals surface area contributed by atoms with Gasteiger partial charge in [-0.3, -0.25) is 5.10 Å². The average Bonchev–Trinajstić information content (AvgIpc) is 2.15. The zero-order chi connectivity index (χ0) is 5.40. The molecule has 0 aliphatic carbocycles. The minimum Gasteiger partial charge on any atom is -0.265 e. The molecule has 2 aliphatic rings. The SMILES string of the molecule is c1nc2n[nH][nH]c-2n1. The number of hydrogen-bond donors (Lipinski definition) is 2. The summed E-state index contributed by atoms with van der Waals surface area (Å²) in [6.07, 6.45) is 1.46. The highest BCUT2D eigenvalue weighted by atomic mass is 15.4. The van der Waals surface area contributed by atoms with Gasteiger partial charge in [-0.25, -0.2) is 15.2 Å². The van der Waals surface area contributed by atoms with Crippen LogP contribution in [0.3, 0.4) is 0 Å². The average molecular weight is 109 g/mol. The molecule has 0 unspecified atom stereocenters. The Morgan fingerprint density at radius 1 is 1.38 bits per heavy atom. The maximum Gasteiger partial charge on any atom is 0.219 e. The van der Waals surface area contributed by atoms with Crippen LogP contribution < -0.4 is 0 Å². The number of fused-ring (bicyclic) bond motifs is 1. The Bertz CT molecular complexity index is 199. The molecule has 8 heavy (non-hydrogen) atoms. The van der Waals surface area contributed by atoms with E-state index in [1.807, 2.05) is 0 Å². The largest absolute Gasteiger partial charge is 0.265 e. The van der Waals surface area contributed by atoms with E-state index in [9.17, 15) is 0 Å². The fourth-order valence-corrected chi connectivity index (χ4v) is 0.564. The lowest BCUT2D eigenvalue weighted by Crippen LogP contribution is -1.70. The molecule has 0 bridgehead atoms. The highest BCUT2D eigenvalue weighted by Crippen LogP contribution is 2.05. The first-order valence-corrected chi connectivity index (χ1v) is 2.16. The molecule has 0 aromatic rings. The number of aromatic nitrogens is 5. The molecule has 2 heterocycles. The maximum atomic E-state index is 3.82. The van der Waals surface area contributed by atoms with E-state index in [0.717, 1.165) is 0 Å². The van der Waals surface area contributed by atoms with Gasteiger partial charge in [0.2, 0.25) is 5.82 Å². The van der Waals surface area contributed by atoms with Crippen LogP contribution in [0.25, 0.3) is 11.6 Å². The molecule has 2 rings (SSSR count). The Morgan fingerprint density at radius 3 is 3.25 bits per heavy atom.